The summed E-state index contributed by atoms with van der Waals surface area (Å²) >= 11 is 0. The van der Waals surface area contributed by atoms with Crippen LogP contribution in [0.1, 0.15) is 46.8 Å². The molecule has 0 fully saturated rings. The second kappa shape index (κ2) is 8.49. The van der Waals surface area contributed by atoms with Crippen LogP contribution < -0.4 is 10.1 Å². The predicted molar refractivity (Wildman–Crippen MR) is 98.9 cm³/mol. The zero-order chi connectivity index (χ0) is 19.2. The largest absolute Gasteiger partial charge is 0.486 e. The van der Waals surface area contributed by atoms with Crippen molar-refractivity contribution in [2.24, 2.45) is 0 Å². The van der Waals surface area contributed by atoms with E-state index in [1.807, 2.05) is 37.3 Å². The van der Waals surface area contributed by atoms with Gasteiger partial charge in [0, 0.05) is 0 Å². The van der Waals surface area contributed by atoms with E-state index in [2.05, 4.69) is 10.5 Å². The number of nitrogens with one attached hydrogen (secondary N) is 1. The van der Waals surface area contributed by atoms with E-state index < -0.39 is 5.82 Å². The van der Waals surface area contributed by atoms with Crippen LogP contribution in [0.5, 0.6) is 5.75 Å². The van der Waals surface area contributed by atoms with Crippen molar-refractivity contribution in [3.63, 3.8) is 0 Å². The van der Waals surface area contributed by atoms with Crippen LogP contribution in [0.2, 0.25) is 0 Å². The smallest absolute Gasteiger partial charge is 0.274 e. The topological polar surface area (TPSA) is 64.4 Å². The molecule has 0 aliphatic rings. The zero-order valence-corrected chi connectivity index (χ0v) is 15.2. The average molecular weight is 368 g/mol. The second-order valence-electron chi connectivity index (χ2n) is 6.13. The van der Waals surface area contributed by atoms with Crippen molar-refractivity contribution in [2.75, 3.05) is 0 Å². The van der Waals surface area contributed by atoms with Gasteiger partial charge in [0.1, 0.15) is 12.4 Å². The standard InChI is InChI=1S/C21H21FN2O3/c1-3-18(15-9-5-4-6-10-15)23-21(25)20-16(14(2)27-24-20)13-26-19-12-8-7-11-17(19)22/h4-12,18H,3,13H2,1-2H3,(H,23,25). The summed E-state index contributed by atoms with van der Waals surface area (Å²) in [6.45, 7) is 3.67. The summed E-state index contributed by atoms with van der Waals surface area (Å²) in [5, 5.41) is 6.84. The molecule has 1 heterocycles. The molecule has 6 heteroatoms. The Morgan fingerprint density at radius 2 is 1.89 bits per heavy atom. The maximum absolute atomic E-state index is 13.7. The molecule has 1 atom stereocenters. The number of para-hydroxylation sites is 1. The summed E-state index contributed by atoms with van der Waals surface area (Å²) < 4.78 is 24.4. The molecule has 5 nitrogen and oxygen atoms in total. The molecule has 0 spiro atoms. The molecule has 3 rings (SSSR count). The molecular weight excluding hydrogens is 347 g/mol. The summed E-state index contributed by atoms with van der Waals surface area (Å²) in [4.78, 5) is 12.7. The van der Waals surface area contributed by atoms with Crippen LogP contribution in [0.3, 0.4) is 0 Å². The lowest BCUT2D eigenvalue weighted by molar-refractivity contribution is 0.0924. The maximum atomic E-state index is 13.7. The molecule has 140 valence electrons. The quantitative estimate of drug-likeness (QED) is 0.663. The highest BCUT2D eigenvalue weighted by atomic mass is 19.1. The number of aromatic nitrogens is 1. The summed E-state index contributed by atoms with van der Waals surface area (Å²) in [5.74, 6) is -0.244. The third-order valence-corrected chi connectivity index (χ3v) is 4.32. The van der Waals surface area contributed by atoms with Gasteiger partial charge in [0.15, 0.2) is 17.3 Å². The monoisotopic (exact) mass is 368 g/mol. The zero-order valence-electron chi connectivity index (χ0n) is 15.2. The first-order valence-electron chi connectivity index (χ1n) is 8.78. The van der Waals surface area contributed by atoms with Crippen molar-refractivity contribution in [1.29, 1.82) is 0 Å². The molecule has 1 N–H and O–H groups in total. The third-order valence-electron chi connectivity index (χ3n) is 4.32. The highest BCUT2D eigenvalue weighted by Crippen LogP contribution is 2.22. The summed E-state index contributed by atoms with van der Waals surface area (Å²) in [5.41, 5.74) is 1.66. The Hall–Kier alpha value is -3.15. The van der Waals surface area contributed by atoms with E-state index in [1.165, 1.54) is 12.1 Å². The first kappa shape index (κ1) is 18.6. The number of halogens is 1. The normalized spacial score (nSPS) is 11.8. The molecule has 0 radical (unpaired) electrons. The minimum Gasteiger partial charge on any atom is -0.486 e. The second-order valence-corrected chi connectivity index (χ2v) is 6.13. The molecule has 2 aromatic carbocycles. The highest BCUT2D eigenvalue weighted by molar-refractivity contribution is 5.94. The average Bonchev–Trinajstić information content (AvgIpc) is 3.06. The van der Waals surface area contributed by atoms with Crippen LogP contribution in [0.4, 0.5) is 4.39 Å². The van der Waals surface area contributed by atoms with Crippen LogP contribution in [-0.4, -0.2) is 11.1 Å². The molecular formula is C21H21FN2O3. The van der Waals surface area contributed by atoms with E-state index in [4.69, 9.17) is 9.26 Å². The Kier molecular flexibility index (Phi) is 5.86. The van der Waals surface area contributed by atoms with Crippen molar-refractivity contribution in [3.8, 4) is 5.75 Å². The van der Waals surface area contributed by atoms with Crippen LogP contribution >= 0.6 is 0 Å². The number of amides is 1. The van der Waals surface area contributed by atoms with Gasteiger partial charge in [-0.2, -0.15) is 0 Å². The van der Waals surface area contributed by atoms with Gasteiger partial charge in [-0.3, -0.25) is 4.79 Å². The number of hydrogen-bond acceptors (Lipinski definition) is 4. The lowest BCUT2D eigenvalue weighted by Crippen LogP contribution is -2.29. The predicted octanol–water partition coefficient (Wildman–Crippen LogP) is 4.58. The third kappa shape index (κ3) is 4.34. The summed E-state index contributed by atoms with van der Waals surface area (Å²) in [7, 11) is 0. The minimum absolute atomic E-state index is 0.0127. The number of carbonyl (C=O) groups is 1. The highest BCUT2D eigenvalue weighted by Gasteiger charge is 2.23. The van der Waals surface area contributed by atoms with E-state index in [-0.39, 0.29) is 30.0 Å². The number of nitrogens with zero attached hydrogens (tertiary/aromatic N) is 1. The van der Waals surface area contributed by atoms with Gasteiger partial charge in [-0.15, -0.1) is 0 Å². The SMILES string of the molecule is CCC(NC(=O)c1noc(C)c1COc1ccccc1F)c1ccccc1. The first-order valence-corrected chi connectivity index (χ1v) is 8.78. The van der Waals surface area contributed by atoms with Crippen molar-refractivity contribution in [2.45, 2.75) is 32.9 Å². The van der Waals surface area contributed by atoms with Gasteiger partial charge in [-0.05, 0) is 31.0 Å². The Balaban J connectivity index is 1.75. The number of hydrogen-bond donors (Lipinski definition) is 1. The molecule has 0 saturated carbocycles. The fraction of sp³-hybridized carbons (Fsp3) is 0.238. The number of benzene rings is 2. The molecule has 1 amide bonds. The fourth-order valence-corrected chi connectivity index (χ4v) is 2.78. The van der Waals surface area contributed by atoms with Crippen molar-refractivity contribution < 1.29 is 18.4 Å². The van der Waals surface area contributed by atoms with Gasteiger partial charge in [-0.25, -0.2) is 4.39 Å². The van der Waals surface area contributed by atoms with Crippen LogP contribution in [0.25, 0.3) is 0 Å². The first-order chi connectivity index (χ1) is 13.1. The van der Waals surface area contributed by atoms with E-state index >= 15 is 0 Å². The Bertz CT molecular complexity index is 909. The van der Waals surface area contributed by atoms with Gasteiger partial charge in [0.25, 0.3) is 5.91 Å². The Morgan fingerprint density at radius 1 is 1.19 bits per heavy atom. The maximum Gasteiger partial charge on any atom is 0.274 e. The fourth-order valence-electron chi connectivity index (χ4n) is 2.78. The summed E-state index contributed by atoms with van der Waals surface area (Å²) in [6.07, 6.45) is 0.730. The number of aryl methyl sites for hydroxylation is 1. The van der Waals surface area contributed by atoms with Crippen LogP contribution in [0, 0.1) is 12.7 Å². The van der Waals surface area contributed by atoms with Gasteiger partial charge >= 0.3 is 0 Å². The molecule has 27 heavy (non-hydrogen) atoms. The number of ether oxygens (including phenoxy) is 1. The van der Waals surface area contributed by atoms with Gasteiger partial charge in [-0.1, -0.05) is 54.5 Å². The van der Waals surface area contributed by atoms with Crippen molar-refractivity contribution in [1.82, 2.24) is 10.5 Å². The molecule has 0 aliphatic carbocycles. The van der Waals surface area contributed by atoms with Crippen molar-refractivity contribution >= 4 is 5.91 Å². The summed E-state index contributed by atoms with van der Waals surface area (Å²) in [6, 6.07) is 15.7. The van der Waals surface area contributed by atoms with E-state index in [9.17, 15) is 9.18 Å². The molecule has 0 bridgehead atoms. The van der Waals surface area contributed by atoms with Gasteiger partial charge < -0.3 is 14.6 Å². The molecule has 1 aromatic heterocycles. The molecule has 3 aromatic rings. The number of carbonyl (C=O) groups excluding carboxylic acids is 1. The minimum atomic E-state index is -0.465. The Labute approximate surface area is 157 Å². The van der Waals surface area contributed by atoms with E-state index in [0.29, 0.717) is 11.3 Å². The van der Waals surface area contributed by atoms with Crippen molar-refractivity contribution in [3.05, 3.63) is 83.0 Å². The molecule has 0 aliphatic heterocycles. The van der Waals surface area contributed by atoms with Gasteiger partial charge in [0.05, 0.1) is 11.6 Å². The lowest BCUT2D eigenvalue weighted by atomic mass is 10.0. The van der Waals surface area contributed by atoms with Crippen LogP contribution in [0.15, 0.2) is 59.1 Å². The van der Waals surface area contributed by atoms with E-state index in [0.717, 1.165) is 12.0 Å². The molecule has 0 saturated heterocycles. The Morgan fingerprint density at radius 3 is 2.59 bits per heavy atom. The van der Waals surface area contributed by atoms with E-state index in [1.54, 1.807) is 19.1 Å². The van der Waals surface area contributed by atoms with Crippen LogP contribution in [-0.2, 0) is 6.61 Å². The molecule has 1 unspecified atom stereocenters. The number of rotatable bonds is 7. The lowest BCUT2D eigenvalue weighted by Gasteiger charge is -2.17. The van der Waals surface area contributed by atoms with Gasteiger partial charge in [0.2, 0.25) is 0 Å².